The van der Waals surface area contributed by atoms with Gasteiger partial charge >= 0.3 is 0 Å². The summed E-state index contributed by atoms with van der Waals surface area (Å²) in [7, 11) is 0. The maximum atomic E-state index is 8.40. The van der Waals surface area contributed by atoms with Crippen LogP contribution in [0.1, 0.15) is 6.92 Å². The van der Waals surface area contributed by atoms with E-state index in [1.807, 2.05) is 6.92 Å². The fourth-order valence-electron chi connectivity index (χ4n) is 1.11. The van der Waals surface area contributed by atoms with Gasteiger partial charge in [0.05, 0.1) is 18.9 Å². The predicted octanol–water partition coefficient (Wildman–Crippen LogP) is 0.169. The third-order valence-corrected chi connectivity index (χ3v) is 1.73. The van der Waals surface area contributed by atoms with Gasteiger partial charge in [-0.15, -0.1) is 0 Å². The van der Waals surface area contributed by atoms with Gasteiger partial charge in [0.2, 0.25) is 0 Å². The molecule has 1 heterocycles. The first-order chi connectivity index (χ1) is 5.33. The molecule has 0 bridgehead atoms. The van der Waals surface area contributed by atoms with Gasteiger partial charge in [-0.25, -0.2) is 0 Å². The molecule has 1 rings (SSSR count). The Bertz CT molecular complexity index is 141. The predicted molar refractivity (Wildman–Crippen MR) is 42.2 cm³/mol. The first-order valence-corrected chi connectivity index (χ1v) is 3.80. The molecule has 4 nitrogen and oxygen atoms in total. The largest absolute Gasteiger partial charge is 0.411 e. The Hall–Kier alpha value is -0.610. The average Bonchev–Trinajstić information content (AvgIpc) is 2.06. The van der Waals surface area contributed by atoms with Crippen molar-refractivity contribution < 1.29 is 9.94 Å². The van der Waals surface area contributed by atoms with Gasteiger partial charge in [-0.2, -0.15) is 0 Å². The number of nitrogens with zero attached hydrogens (tertiary/aromatic N) is 2. The summed E-state index contributed by atoms with van der Waals surface area (Å²) >= 11 is 0. The molecule has 4 heteroatoms. The van der Waals surface area contributed by atoms with Crippen LogP contribution in [-0.2, 0) is 4.74 Å². The lowest BCUT2D eigenvalue weighted by Crippen LogP contribution is -2.39. The SMILES string of the molecule is CC(CN1CCOCC1)=NO. The molecule has 11 heavy (non-hydrogen) atoms. The highest BCUT2D eigenvalue weighted by Gasteiger charge is 2.10. The van der Waals surface area contributed by atoms with Crippen molar-refractivity contribution in [3.63, 3.8) is 0 Å². The fraction of sp³-hybridized carbons (Fsp3) is 0.857. The number of ether oxygens (including phenoxy) is 1. The summed E-state index contributed by atoms with van der Waals surface area (Å²) in [4.78, 5) is 2.21. The molecule has 0 aromatic heterocycles. The molecule has 0 spiro atoms. The molecular weight excluding hydrogens is 144 g/mol. The van der Waals surface area contributed by atoms with Crippen LogP contribution in [0.4, 0.5) is 0 Å². The van der Waals surface area contributed by atoms with Crippen molar-refractivity contribution in [2.45, 2.75) is 6.92 Å². The first-order valence-electron chi connectivity index (χ1n) is 3.80. The van der Waals surface area contributed by atoms with Crippen LogP contribution in [0.2, 0.25) is 0 Å². The van der Waals surface area contributed by atoms with Crippen LogP contribution in [0.5, 0.6) is 0 Å². The normalized spacial score (nSPS) is 22.1. The van der Waals surface area contributed by atoms with Gasteiger partial charge in [-0.3, -0.25) is 4.90 Å². The van der Waals surface area contributed by atoms with Gasteiger partial charge < -0.3 is 9.94 Å². The smallest absolute Gasteiger partial charge is 0.0679 e. The van der Waals surface area contributed by atoms with Crippen molar-refractivity contribution >= 4 is 5.71 Å². The van der Waals surface area contributed by atoms with Gasteiger partial charge in [-0.05, 0) is 6.92 Å². The van der Waals surface area contributed by atoms with Crippen LogP contribution in [0.25, 0.3) is 0 Å². The second-order valence-electron chi connectivity index (χ2n) is 2.72. The summed E-state index contributed by atoms with van der Waals surface area (Å²) in [6, 6.07) is 0. The molecule has 0 saturated carbocycles. The number of hydrogen-bond donors (Lipinski definition) is 1. The number of hydrogen-bond acceptors (Lipinski definition) is 4. The van der Waals surface area contributed by atoms with Crippen molar-refractivity contribution in [3.8, 4) is 0 Å². The van der Waals surface area contributed by atoms with E-state index >= 15 is 0 Å². The van der Waals surface area contributed by atoms with Gasteiger partial charge in [0.25, 0.3) is 0 Å². The standard InChI is InChI=1S/C7H14N2O2/c1-7(8-10)6-9-2-4-11-5-3-9/h10H,2-6H2,1H3. The molecule has 0 aliphatic carbocycles. The number of rotatable bonds is 2. The molecule has 1 saturated heterocycles. The van der Waals surface area contributed by atoms with Crippen molar-refractivity contribution in [1.29, 1.82) is 0 Å². The third-order valence-electron chi connectivity index (χ3n) is 1.73. The van der Waals surface area contributed by atoms with E-state index in [-0.39, 0.29) is 0 Å². The van der Waals surface area contributed by atoms with E-state index in [0.29, 0.717) is 0 Å². The van der Waals surface area contributed by atoms with Gasteiger partial charge in [0, 0.05) is 19.6 Å². The molecule has 1 aliphatic heterocycles. The average molecular weight is 158 g/mol. The van der Waals surface area contributed by atoms with Crippen LogP contribution in [0, 0.1) is 0 Å². The second-order valence-corrected chi connectivity index (χ2v) is 2.72. The second kappa shape index (κ2) is 4.31. The Labute approximate surface area is 66.4 Å². The van der Waals surface area contributed by atoms with E-state index in [2.05, 4.69) is 10.1 Å². The lowest BCUT2D eigenvalue weighted by atomic mass is 10.3. The minimum absolute atomic E-state index is 0.750. The Balaban J connectivity index is 2.24. The molecule has 1 fully saturated rings. The van der Waals surface area contributed by atoms with E-state index in [9.17, 15) is 0 Å². The summed E-state index contributed by atoms with van der Waals surface area (Å²) in [6.07, 6.45) is 0. The Kier molecular flexibility index (Phi) is 3.32. The highest BCUT2D eigenvalue weighted by molar-refractivity contribution is 5.83. The van der Waals surface area contributed by atoms with Gasteiger partial charge in [-0.1, -0.05) is 5.16 Å². The lowest BCUT2D eigenvalue weighted by molar-refractivity contribution is 0.0449. The summed E-state index contributed by atoms with van der Waals surface area (Å²) in [6.45, 7) is 6.02. The topological polar surface area (TPSA) is 45.1 Å². The molecule has 0 unspecified atom stereocenters. The summed E-state index contributed by atoms with van der Waals surface area (Å²) in [5.74, 6) is 0. The zero-order valence-corrected chi connectivity index (χ0v) is 6.79. The zero-order chi connectivity index (χ0) is 8.10. The van der Waals surface area contributed by atoms with Crippen LogP contribution >= 0.6 is 0 Å². The molecular formula is C7H14N2O2. The minimum Gasteiger partial charge on any atom is -0.411 e. The summed E-state index contributed by atoms with van der Waals surface area (Å²) < 4.78 is 5.17. The van der Waals surface area contributed by atoms with E-state index in [0.717, 1.165) is 38.6 Å². The van der Waals surface area contributed by atoms with E-state index in [4.69, 9.17) is 9.94 Å². The Morgan fingerprint density at radius 3 is 2.73 bits per heavy atom. The van der Waals surface area contributed by atoms with Crippen molar-refractivity contribution in [1.82, 2.24) is 4.90 Å². The molecule has 0 amide bonds. The Morgan fingerprint density at radius 1 is 1.55 bits per heavy atom. The number of oxime groups is 1. The molecule has 0 radical (unpaired) electrons. The van der Waals surface area contributed by atoms with Crippen molar-refractivity contribution in [3.05, 3.63) is 0 Å². The third kappa shape index (κ3) is 2.86. The Morgan fingerprint density at radius 2 is 2.18 bits per heavy atom. The summed E-state index contributed by atoms with van der Waals surface area (Å²) in [5.41, 5.74) is 0.756. The maximum Gasteiger partial charge on any atom is 0.0679 e. The molecule has 1 N–H and O–H groups in total. The van der Waals surface area contributed by atoms with Crippen LogP contribution in [0.15, 0.2) is 5.16 Å². The molecule has 1 aliphatic rings. The fourth-order valence-corrected chi connectivity index (χ4v) is 1.11. The van der Waals surface area contributed by atoms with Crippen LogP contribution in [0.3, 0.4) is 0 Å². The highest BCUT2D eigenvalue weighted by Crippen LogP contribution is 1.96. The van der Waals surface area contributed by atoms with E-state index in [1.165, 1.54) is 0 Å². The van der Waals surface area contributed by atoms with E-state index in [1.54, 1.807) is 0 Å². The molecule has 0 atom stereocenters. The molecule has 0 aromatic carbocycles. The summed E-state index contributed by atoms with van der Waals surface area (Å²) in [5, 5.41) is 11.5. The lowest BCUT2D eigenvalue weighted by Gasteiger charge is -2.25. The quantitative estimate of drug-likeness (QED) is 0.354. The van der Waals surface area contributed by atoms with Crippen LogP contribution in [-0.4, -0.2) is 48.7 Å². The maximum absolute atomic E-state index is 8.40. The first kappa shape index (κ1) is 8.49. The van der Waals surface area contributed by atoms with Crippen molar-refractivity contribution in [2.24, 2.45) is 5.16 Å². The minimum atomic E-state index is 0.750. The number of morpholine rings is 1. The highest BCUT2D eigenvalue weighted by atomic mass is 16.5. The molecule has 0 aromatic rings. The monoisotopic (exact) mass is 158 g/mol. The zero-order valence-electron chi connectivity index (χ0n) is 6.79. The van der Waals surface area contributed by atoms with Crippen molar-refractivity contribution in [2.75, 3.05) is 32.8 Å². The van der Waals surface area contributed by atoms with Gasteiger partial charge in [0.1, 0.15) is 0 Å². The van der Waals surface area contributed by atoms with Gasteiger partial charge in [0.15, 0.2) is 0 Å². The van der Waals surface area contributed by atoms with Crippen LogP contribution < -0.4 is 0 Å². The molecule has 64 valence electrons. The van der Waals surface area contributed by atoms with E-state index < -0.39 is 0 Å².